The Kier molecular flexibility index (Phi) is 6.82. The van der Waals surface area contributed by atoms with Gasteiger partial charge in [-0.3, -0.25) is 9.69 Å². The molecule has 2 aromatic carbocycles. The Morgan fingerprint density at radius 3 is 2.76 bits per heavy atom. The molecule has 38 heavy (non-hydrogen) atoms. The third kappa shape index (κ3) is 4.77. The van der Waals surface area contributed by atoms with Crippen LogP contribution in [0.15, 0.2) is 53.3 Å². The zero-order valence-corrected chi connectivity index (χ0v) is 21.8. The zero-order valence-electron chi connectivity index (χ0n) is 21.8. The Hall–Kier alpha value is -3.76. The number of nitrogens with one attached hydrogen (secondary N) is 1. The fourth-order valence-electron chi connectivity index (χ4n) is 5.68. The summed E-state index contributed by atoms with van der Waals surface area (Å²) in [5.41, 5.74) is 3.57. The topological polar surface area (TPSA) is 101 Å². The second-order valence-corrected chi connectivity index (χ2v) is 10.1. The predicted molar refractivity (Wildman–Crippen MR) is 145 cm³/mol. The van der Waals surface area contributed by atoms with Crippen LogP contribution in [0, 0.1) is 6.92 Å². The zero-order chi connectivity index (χ0) is 26.1. The number of piperazine rings is 1. The van der Waals surface area contributed by atoms with Gasteiger partial charge in [-0.1, -0.05) is 23.8 Å². The third-order valence-electron chi connectivity index (χ3n) is 7.63. The van der Waals surface area contributed by atoms with Crippen molar-refractivity contribution in [3.8, 4) is 5.75 Å². The number of aryl methyl sites for hydroxylation is 1. The maximum absolute atomic E-state index is 13.5. The SMILES string of the molecule is COc1ccccc1N1CCN([C@@H](c2cc3cc(C)ccc3[nH]c2=O)c2nnnn2C[C@H]2CCCO2)CC1. The van der Waals surface area contributed by atoms with E-state index in [0.717, 1.165) is 73.5 Å². The van der Waals surface area contributed by atoms with Crippen molar-refractivity contribution in [1.82, 2.24) is 30.1 Å². The van der Waals surface area contributed by atoms with Gasteiger partial charge in [0.1, 0.15) is 11.8 Å². The third-order valence-corrected chi connectivity index (χ3v) is 7.63. The molecule has 2 saturated heterocycles. The number of hydrogen-bond donors (Lipinski definition) is 1. The van der Waals surface area contributed by atoms with E-state index < -0.39 is 0 Å². The number of rotatable bonds is 7. The van der Waals surface area contributed by atoms with Gasteiger partial charge in [0.05, 0.1) is 25.4 Å². The van der Waals surface area contributed by atoms with Crippen molar-refractivity contribution in [2.45, 2.75) is 38.5 Å². The van der Waals surface area contributed by atoms with Crippen LogP contribution in [0.25, 0.3) is 10.9 Å². The number of methoxy groups -OCH3 is 1. The average Bonchev–Trinajstić information content (AvgIpc) is 3.63. The Labute approximate surface area is 221 Å². The molecular formula is C28H33N7O3. The first-order valence-electron chi connectivity index (χ1n) is 13.2. The predicted octanol–water partition coefficient (Wildman–Crippen LogP) is 2.92. The molecule has 198 valence electrons. The summed E-state index contributed by atoms with van der Waals surface area (Å²) in [7, 11) is 1.70. The fourth-order valence-corrected chi connectivity index (χ4v) is 5.68. The van der Waals surface area contributed by atoms with Crippen molar-refractivity contribution in [3.05, 3.63) is 75.8 Å². The van der Waals surface area contributed by atoms with Gasteiger partial charge in [0, 0.05) is 43.9 Å². The normalized spacial score (nSPS) is 19.2. The summed E-state index contributed by atoms with van der Waals surface area (Å²) in [5.74, 6) is 1.53. The lowest BCUT2D eigenvalue weighted by atomic mass is 10.0. The Morgan fingerprint density at radius 2 is 1.97 bits per heavy atom. The van der Waals surface area contributed by atoms with Gasteiger partial charge in [0.15, 0.2) is 5.82 Å². The summed E-state index contributed by atoms with van der Waals surface area (Å²) in [6.07, 6.45) is 2.11. The number of para-hydroxylation sites is 2. The Bertz CT molecular complexity index is 1470. The standard InChI is InChI=1S/C28H33N7O3/c1-19-9-10-23-20(16-19)17-22(28(36)29-23)26(27-30-31-32-35(27)18-21-6-5-15-38-21)34-13-11-33(12-14-34)24-7-3-4-8-25(24)37-2/h3-4,7-10,16-17,21,26H,5-6,11-15,18H2,1-2H3,(H,29,36)/t21-,26+/m1/s1. The number of nitrogens with zero attached hydrogens (tertiary/aromatic N) is 6. The maximum atomic E-state index is 13.5. The van der Waals surface area contributed by atoms with Gasteiger partial charge in [-0.25, -0.2) is 4.68 Å². The first-order valence-corrected chi connectivity index (χ1v) is 13.2. The lowest BCUT2D eigenvalue weighted by molar-refractivity contribution is 0.0906. The molecule has 10 nitrogen and oxygen atoms in total. The molecule has 2 fully saturated rings. The minimum Gasteiger partial charge on any atom is -0.495 e. The first-order chi connectivity index (χ1) is 18.6. The van der Waals surface area contributed by atoms with Crippen molar-refractivity contribution >= 4 is 16.6 Å². The van der Waals surface area contributed by atoms with E-state index in [-0.39, 0.29) is 17.7 Å². The lowest BCUT2D eigenvalue weighted by Gasteiger charge is -2.40. The van der Waals surface area contributed by atoms with Crippen LogP contribution in [-0.2, 0) is 11.3 Å². The number of benzene rings is 2. The van der Waals surface area contributed by atoms with Crippen molar-refractivity contribution in [2.75, 3.05) is 44.8 Å². The molecule has 0 unspecified atom stereocenters. The molecule has 0 spiro atoms. The van der Waals surface area contributed by atoms with Crippen molar-refractivity contribution < 1.29 is 9.47 Å². The molecule has 10 heteroatoms. The number of aromatic amines is 1. The van der Waals surface area contributed by atoms with Gasteiger partial charge in [-0.15, -0.1) is 5.10 Å². The number of pyridine rings is 1. The minimum absolute atomic E-state index is 0.0813. The Morgan fingerprint density at radius 1 is 1.13 bits per heavy atom. The fraction of sp³-hybridized carbons (Fsp3) is 0.429. The van der Waals surface area contributed by atoms with Crippen LogP contribution in [0.5, 0.6) is 5.75 Å². The van der Waals surface area contributed by atoms with Gasteiger partial charge < -0.3 is 19.4 Å². The molecule has 1 N–H and O–H groups in total. The van der Waals surface area contributed by atoms with Crippen LogP contribution in [0.1, 0.15) is 35.8 Å². The van der Waals surface area contributed by atoms with Crippen LogP contribution in [0.2, 0.25) is 0 Å². The summed E-state index contributed by atoms with van der Waals surface area (Å²) >= 11 is 0. The molecule has 6 rings (SSSR count). The molecule has 0 saturated carbocycles. The summed E-state index contributed by atoms with van der Waals surface area (Å²) in [5, 5.41) is 13.8. The number of fused-ring (bicyclic) bond motifs is 1. The molecule has 2 atom stereocenters. The van der Waals surface area contributed by atoms with Gasteiger partial charge >= 0.3 is 0 Å². The average molecular weight is 516 g/mol. The van der Waals surface area contributed by atoms with E-state index in [1.165, 1.54) is 0 Å². The quantitative estimate of drug-likeness (QED) is 0.401. The number of H-pyrrole nitrogens is 1. The van der Waals surface area contributed by atoms with Crippen molar-refractivity contribution in [1.29, 1.82) is 0 Å². The van der Waals surface area contributed by atoms with Crippen molar-refractivity contribution in [2.24, 2.45) is 0 Å². The highest BCUT2D eigenvalue weighted by molar-refractivity contribution is 5.79. The first kappa shape index (κ1) is 24.6. The van der Waals surface area contributed by atoms with Crippen molar-refractivity contribution in [3.63, 3.8) is 0 Å². The van der Waals surface area contributed by atoms with E-state index in [0.29, 0.717) is 17.9 Å². The number of aromatic nitrogens is 5. The van der Waals surface area contributed by atoms with E-state index in [1.807, 2.05) is 41.1 Å². The van der Waals surface area contributed by atoms with Gasteiger partial charge in [-0.05, 0) is 65.9 Å². The molecule has 0 amide bonds. The van der Waals surface area contributed by atoms with Crippen LogP contribution in [0.3, 0.4) is 0 Å². The van der Waals surface area contributed by atoms with Gasteiger partial charge in [0.2, 0.25) is 0 Å². The molecule has 2 aliphatic heterocycles. The summed E-state index contributed by atoms with van der Waals surface area (Å²) < 4.78 is 13.3. The van der Waals surface area contributed by atoms with E-state index >= 15 is 0 Å². The molecule has 2 aliphatic rings. The summed E-state index contributed by atoms with van der Waals surface area (Å²) in [6.45, 7) is 6.44. The highest BCUT2D eigenvalue weighted by Crippen LogP contribution is 2.32. The van der Waals surface area contributed by atoms with Crippen LogP contribution >= 0.6 is 0 Å². The second-order valence-electron chi connectivity index (χ2n) is 10.1. The lowest BCUT2D eigenvalue weighted by Crippen LogP contribution is -2.49. The Balaban J connectivity index is 1.36. The smallest absolute Gasteiger partial charge is 0.253 e. The molecule has 0 bridgehead atoms. The molecular weight excluding hydrogens is 482 g/mol. The maximum Gasteiger partial charge on any atom is 0.253 e. The van der Waals surface area contributed by atoms with E-state index in [4.69, 9.17) is 9.47 Å². The van der Waals surface area contributed by atoms with Gasteiger partial charge in [-0.2, -0.15) is 0 Å². The number of hydrogen-bond acceptors (Lipinski definition) is 8. The summed E-state index contributed by atoms with van der Waals surface area (Å²) in [6, 6.07) is 15.8. The highest BCUT2D eigenvalue weighted by Gasteiger charge is 2.34. The van der Waals surface area contributed by atoms with Crippen LogP contribution < -0.4 is 15.2 Å². The molecule has 0 radical (unpaired) electrons. The number of ether oxygens (including phenoxy) is 2. The molecule has 4 aromatic rings. The van der Waals surface area contributed by atoms with E-state index in [1.54, 1.807) is 7.11 Å². The number of anilines is 1. The highest BCUT2D eigenvalue weighted by atomic mass is 16.5. The molecule has 2 aromatic heterocycles. The summed E-state index contributed by atoms with van der Waals surface area (Å²) in [4.78, 5) is 21.3. The van der Waals surface area contributed by atoms with Crippen LogP contribution in [0.4, 0.5) is 5.69 Å². The second kappa shape index (κ2) is 10.5. The van der Waals surface area contributed by atoms with Gasteiger partial charge in [0.25, 0.3) is 5.56 Å². The molecule has 4 heterocycles. The van der Waals surface area contributed by atoms with E-state index in [2.05, 4.69) is 49.4 Å². The largest absolute Gasteiger partial charge is 0.495 e. The minimum atomic E-state index is -0.389. The number of tetrazole rings is 1. The van der Waals surface area contributed by atoms with E-state index in [9.17, 15) is 4.79 Å². The van der Waals surface area contributed by atoms with Crippen LogP contribution in [-0.4, -0.2) is 76.1 Å². The molecule has 0 aliphatic carbocycles. The monoisotopic (exact) mass is 515 g/mol.